The van der Waals surface area contributed by atoms with Crippen LogP contribution in [0.4, 0.5) is 0 Å². The Bertz CT molecular complexity index is 869. The van der Waals surface area contributed by atoms with E-state index in [0.29, 0.717) is 19.3 Å². The quantitative estimate of drug-likeness (QED) is 0.576. The zero-order valence-corrected chi connectivity index (χ0v) is 15.4. The van der Waals surface area contributed by atoms with Gasteiger partial charge < -0.3 is 15.3 Å². The highest BCUT2D eigenvalue weighted by molar-refractivity contribution is 5.74. The highest BCUT2D eigenvalue weighted by Crippen LogP contribution is 2.30. The third kappa shape index (κ3) is 4.83. The van der Waals surface area contributed by atoms with Gasteiger partial charge in [0.15, 0.2) is 0 Å². The fourth-order valence-corrected chi connectivity index (χ4v) is 3.32. The molecule has 3 rings (SSSR count). The van der Waals surface area contributed by atoms with E-state index in [-0.39, 0.29) is 19.8 Å². The van der Waals surface area contributed by atoms with Crippen molar-refractivity contribution in [1.29, 1.82) is 0 Å². The van der Waals surface area contributed by atoms with Crippen LogP contribution in [0.1, 0.15) is 16.7 Å². The topological polar surface area (TPSA) is 60.7 Å². The number of rotatable bonds is 8. The summed E-state index contributed by atoms with van der Waals surface area (Å²) >= 11 is 0. The molecule has 139 valence electrons. The lowest BCUT2D eigenvalue weighted by Crippen LogP contribution is -1.97. The van der Waals surface area contributed by atoms with Crippen molar-refractivity contribution in [2.45, 2.75) is 19.3 Å². The summed E-state index contributed by atoms with van der Waals surface area (Å²) in [5.41, 5.74) is 7.59. The lowest BCUT2D eigenvalue weighted by molar-refractivity contribution is 0.299. The second-order valence-electron chi connectivity index (χ2n) is 6.59. The minimum Gasteiger partial charge on any atom is -0.396 e. The first-order valence-electron chi connectivity index (χ1n) is 9.31. The molecule has 0 aromatic heterocycles. The van der Waals surface area contributed by atoms with E-state index in [1.54, 1.807) is 0 Å². The van der Waals surface area contributed by atoms with Crippen molar-refractivity contribution in [2.75, 3.05) is 19.8 Å². The number of aliphatic hydroxyl groups is 3. The molecule has 0 amide bonds. The maximum Gasteiger partial charge on any atom is 0.0471 e. The Morgan fingerprint density at radius 2 is 1.30 bits per heavy atom. The summed E-state index contributed by atoms with van der Waals surface area (Å²) in [6.45, 7) is 0.356. The third-order valence-corrected chi connectivity index (χ3v) is 4.73. The Morgan fingerprint density at radius 3 is 2.00 bits per heavy atom. The lowest BCUT2D eigenvalue weighted by atomic mass is 9.92. The van der Waals surface area contributed by atoms with Crippen LogP contribution in [0.15, 0.2) is 60.7 Å². The summed E-state index contributed by atoms with van der Waals surface area (Å²) in [6, 6.07) is 23.6. The summed E-state index contributed by atoms with van der Waals surface area (Å²) in [4.78, 5) is 0. The summed E-state index contributed by atoms with van der Waals surface area (Å²) in [7, 11) is 0. The van der Waals surface area contributed by atoms with Crippen LogP contribution in [-0.2, 0) is 19.3 Å². The average Bonchev–Trinajstić information content (AvgIpc) is 2.70. The average molecular weight is 361 g/mol. The predicted octanol–water partition coefficient (Wildman–Crippen LogP) is 3.43. The molecule has 0 aliphatic rings. The van der Waals surface area contributed by atoms with Crippen molar-refractivity contribution in [1.82, 2.24) is 0 Å². The molecule has 3 N–H and O–H groups in total. The molecule has 0 spiro atoms. The van der Waals surface area contributed by atoms with Crippen molar-refractivity contribution in [3.63, 3.8) is 0 Å². The van der Waals surface area contributed by atoms with Gasteiger partial charge in [-0.1, -0.05) is 60.7 Å². The zero-order chi connectivity index (χ0) is 19.1. The molecular formula is C24H25O3. The zero-order valence-electron chi connectivity index (χ0n) is 15.4. The molecule has 3 nitrogen and oxygen atoms in total. The Kier molecular flexibility index (Phi) is 6.77. The molecule has 27 heavy (non-hydrogen) atoms. The molecule has 0 bridgehead atoms. The van der Waals surface area contributed by atoms with Gasteiger partial charge in [-0.3, -0.25) is 0 Å². The number of hydrogen-bond donors (Lipinski definition) is 3. The second-order valence-corrected chi connectivity index (χ2v) is 6.59. The fourth-order valence-electron chi connectivity index (χ4n) is 3.32. The molecule has 0 saturated carbocycles. The van der Waals surface area contributed by atoms with E-state index in [1.165, 1.54) is 0 Å². The lowest BCUT2D eigenvalue weighted by Gasteiger charge is -2.13. The van der Waals surface area contributed by atoms with Crippen molar-refractivity contribution >= 4 is 0 Å². The molecule has 3 aromatic carbocycles. The molecule has 0 unspecified atom stereocenters. The standard InChI is InChI=1S/C24H25O3/c25-13-10-18-4-6-20(7-5-18)24-9-8-22(17-23(24)12-15-27)21-3-1-2-19(16-21)11-14-26/h1,3-9,16-17,25-27H,10-15H2. The summed E-state index contributed by atoms with van der Waals surface area (Å²) < 4.78 is 0. The van der Waals surface area contributed by atoms with Crippen molar-refractivity contribution in [3.05, 3.63) is 83.4 Å². The minimum absolute atomic E-state index is 0.0946. The molecule has 3 heteroatoms. The van der Waals surface area contributed by atoms with E-state index in [4.69, 9.17) is 10.2 Å². The molecule has 0 atom stereocenters. The SMILES string of the molecule is OCCc1[c]ccc(-c2ccc(-c3ccc(CCO)cc3)c(CCO)c2)c1. The van der Waals surface area contributed by atoms with E-state index in [2.05, 4.69) is 42.5 Å². The van der Waals surface area contributed by atoms with E-state index in [0.717, 1.165) is 38.9 Å². The Labute approximate surface area is 160 Å². The van der Waals surface area contributed by atoms with Crippen molar-refractivity contribution in [2.24, 2.45) is 0 Å². The van der Waals surface area contributed by atoms with Gasteiger partial charge in [-0.15, -0.1) is 0 Å². The van der Waals surface area contributed by atoms with E-state index in [1.807, 2.05) is 24.3 Å². The second kappa shape index (κ2) is 9.47. The minimum atomic E-state index is 0.0946. The number of benzene rings is 3. The molecule has 0 saturated heterocycles. The molecule has 3 aromatic rings. The molecule has 0 heterocycles. The molecule has 0 aliphatic heterocycles. The first-order valence-corrected chi connectivity index (χ1v) is 9.31. The van der Waals surface area contributed by atoms with Gasteiger partial charge in [-0.2, -0.15) is 0 Å². The van der Waals surface area contributed by atoms with Gasteiger partial charge in [0.2, 0.25) is 0 Å². The maximum absolute atomic E-state index is 9.52. The van der Waals surface area contributed by atoms with Crippen LogP contribution < -0.4 is 0 Å². The van der Waals surface area contributed by atoms with Gasteiger partial charge in [0.1, 0.15) is 0 Å². The van der Waals surface area contributed by atoms with Gasteiger partial charge in [-0.25, -0.2) is 0 Å². The highest BCUT2D eigenvalue weighted by Gasteiger charge is 2.08. The maximum atomic E-state index is 9.52. The van der Waals surface area contributed by atoms with Gasteiger partial charge in [-0.05, 0) is 64.3 Å². The smallest absolute Gasteiger partial charge is 0.0471 e. The summed E-state index contributed by atoms with van der Waals surface area (Å²) in [5.74, 6) is 0. The Balaban J connectivity index is 1.96. The van der Waals surface area contributed by atoms with Crippen LogP contribution in [0.5, 0.6) is 0 Å². The normalized spacial score (nSPS) is 10.9. The van der Waals surface area contributed by atoms with Crippen LogP contribution in [0, 0.1) is 6.07 Å². The Morgan fingerprint density at radius 1 is 0.630 bits per heavy atom. The van der Waals surface area contributed by atoms with Crippen molar-refractivity contribution in [3.8, 4) is 22.3 Å². The summed E-state index contributed by atoms with van der Waals surface area (Å²) in [5, 5.41) is 27.7. The highest BCUT2D eigenvalue weighted by atomic mass is 16.3. The van der Waals surface area contributed by atoms with Gasteiger partial charge >= 0.3 is 0 Å². The number of hydrogen-bond acceptors (Lipinski definition) is 3. The largest absolute Gasteiger partial charge is 0.396 e. The van der Waals surface area contributed by atoms with Crippen LogP contribution >= 0.6 is 0 Å². The monoisotopic (exact) mass is 361 g/mol. The first-order chi connectivity index (χ1) is 13.2. The van der Waals surface area contributed by atoms with E-state index >= 15 is 0 Å². The predicted molar refractivity (Wildman–Crippen MR) is 109 cm³/mol. The molecular weight excluding hydrogens is 336 g/mol. The summed E-state index contributed by atoms with van der Waals surface area (Å²) in [6.07, 6.45) is 1.84. The third-order valence-electron chi connectivity index (χ3n) is 4.73. The molecule has 0 fully saturated rings. The van der Waals surface area contributed by atoms with Crippen LogP contribution in [-0.4, -0.2) is 35.1 Å². The van der Waals surface area contributed by atoms with Crippen molar-refractivity contribution < 1.29 is 15.3 Å². The van der Waals surface area contributed by atoms with E-state index in [9.17, 15) is 5.11 Å². The molecule has 1 radical (unpaired) electrons. The van der Waals surface area contributed by atoms with Crippen LogP contribution in [0.25, 0.3) is 22.3 Å². The first kappa shape index (κ1) is 19.3. The van der Waals surface area contributed by atoms with Crippen LogP contribution in [0.3, 0.4) is 0 Å². The Hall–Kier alpha value is -2.46. The molecule has 0 aliphatic carbocycles. The number of aliphatic hydroxyl groups excluding tert-OH is 3. The van der Waals surface area contributed by atoms with Gasteiger partial charge in [0.05, 0.1) is 0 Å². The van der Waals surface area contributed by atoms with Gasteiger partial charge in [0.25, 0.3) is 0 Å². The van der Waals surface area contributed by atoms with E-state index < -0.39 is 0 Å². The van der Waals surface area contributed by atoms with Gasteiger partial charge in [0, 0.05) is 19.8 Å². The fraction of sp³-hybridized carbons (Fsp3) is 0.250. The van der Waals surface area contributed by atoms with Crippen LogP contribution in [0.2, 0.25) is 0 Å².